The molecule has 13 rings (SSSR count). The SMILES string of the molecule is c1ccc(-c2ccc(-c3nc(-n4c5ccc6c7ccccc7c7ccccc7c6c5c5ccc6ccccc6c54)nc4ccc5ccccc5c34)c3ccccc23)cc1. The highest BCUT2D eigenvalue weighted by Gasteiger charge is 2.24. The van der Waals surface area contributed by atoms with Gasteiger partial charge in [0.1, 0.15) is 0 Å². The third-order valence-corrected chi connectivity index (χ3v) is 12.6. The first-order valence-electron chi connectivity index (χ1n) is 20.3. The monoisotopic (exact) mass is 747 g/mol. The zero-order valence-electron chi connectivity index (χ0n) is 31.9. The highest BCUT2D eigenvalue weighted by Crippen LogP contribution is 2.46. The standard InChI is InChI=1S/C56H33N3/c1-2-14-34(15-3-1)37-29-30-47(44-24-11-8-20-40(37)44)54-52-38-18-6-4-16-35(38)27-32-49(52)57-56(58-54)59-50-33-31-46-43-23-10-9-21-41(43)42-22-12-13-25-45(42)51(46)53(50)48-28-26-36-17-5-7-19-39(36)55(48)59/h1-33H. The molecule has 3 nitrogen and oxygen atoms in total. The average molecular weight is 748 g/mol. The largest absolute Gasteiger partial charge is 0.277 e. The molecule has 272 valence electrons. The van der Waals surface area contributed by atoms with Crippen LogP contribution in [-0.4, -0.2) is 14.5 Å². The van der Waals surface area contributed by atoms with Gasteiger partial charge >= 0.3 is 0 Å². The first kappa shape index (κ1) is 32.2. The van der Waals surface area contributed by atoms with E-state index in [1.807, 2.05) is 0 Å². The van der Waals surface area contributed by atoms with Gasteiger partial charge in [0.15, 0.2) is 0 Å². The average Bonchev–Trinajstić information content (AvgIpc) is 3.66. The number of nitrogens with zero attached hydrogens (tertiary/aromatic N) is 3. The predicted molar refractivity (Wildman–Crippen MR) is 250 cm³/mol. The van der Waals surface area contributed by atoms with Gasteiger partial charge in [-0.3, -0.25) is 4.57 Å². The maximum atomic E-state index is 5.77. The Hall–Kier alpha value is -7.88. The van der Waals surface area contributed by atoms with Crippen LogP contribution in [0.5, 0.6) is 0 Å². The number of aromatic nitrogens is 3. The summed E-state index contributed by atoms with van der Waals surface area (Å²) in [5, 5.41) is 18.0. The van der Waals surface area contributed by atoms with Gasteiger partial charge in [0.2, 0.25) is 5.95 Å². The van der Waals surface area contributed by atoms with Crippen molar-refractivity contribution in [2.75, 3.05) is 0 Å². The molecular weight excluding hydrogens is 715 g/mol. The first-order valence-corrected chi connectivity index (χ1v) is 20.3. The van der Waals surface area contributed by atoms with Gasteiger partial charge in [0, 0.05) is 32.5 Å². The third kappa shape index (κ3) is 4.58. The van der Waals surface area contributed by atoms with Crippen molar-refractivity contribution in [1.82, 2.24) is 14.5 Å². The molecule has 13 aromatic rings. The van der Waals surface area contributed by atoms with E-state index in [4.69, 9.17) is 9.97 Å². The van der Waals surface area contributed by atoms with Crippen LogP contribution in [0.2, 0.25) is 0 Å². The van der Waals surface area contributed by atoms with E-state index in [1.54, 1.807) is 0 Å². The van der Waals surface area contributed by atoms with Gasteiger partial charge in [0.05, 0.1) is 22.2 Å². The Kier molecular flexibility index (Phi) is 6.72. The molecule has 11 aromatic carbocycles. The molecule has 0 aliphatic heterocycles. The zero-order chi connectivity index (χ0) is 38.6. The van der Waals surface area contributed by atoms with Crippen molar-refractivity contribution in [1.29, 1.82) is 0 Å². The molecule has 0 unspecified atom stereocenters. The quantitative estimate of drug-likeness (QED) is 0.169. The first-order chi connectivity index (χ1) is 29.3. The van der Waals surface area contributed by atoms with E-state index in [0.717, 1.165) is 49.4 Å². The summed E-state index contributed by atoms with van der Waals surface area (Å²) < 4.78 is 2.34. The van der Waals surface area contributed by atoms with Crippen LogP contribution in [0.3, 0.4) is 0 Å². The van der Waals surface area contributed by atoms with Gasteiger partial charge < -0.3 is 0 Å². The van der Waals surface area contributed by atoms with Crippen LogP contribution in [-0.2, 0) is 0 Å². The molecule has 2 aromatic heterocycles. The normalized spacial score (nSPS) is 12.1. The molecule has 2 heterocycles. The van der Waals surface area contributed by atoms with Crippen LogP contribution in [0, 0.1) is 0 Å². The summed E-state index contributed by atoms with van der Waals surface area (Å²) >= 11 is 0. The number of fused-ring (bicyclic) bond motifs is 16. The molecule has 0 radical (unpaired) electrons. The van der Waals surface area contributed by atoms with Crippen molar-refractivity contribution >= 4 is 97.3 Å². The second-order valence-corrected chi connectivity index (χ2v) is 15.6. The molecule has 0 fully saturated rings. The summed E-state index contributed by atoms with van der Waals surface area (Å²) in [4.78, 5) is 11.3. The van der Waals surface area contributed by atoms with Gasteiger partial charge in [-0.15, -0.1) is 0 Å². The molecule has 0 amide bonds. The Morgan fingerprint density at radius 3 is 1.58 bits per heavy atom. The van der Waals surface area contributed by atoms with Crippen molar-refractivity contribution in [3.05, 3.63) is 200 Å². The van der Waals surface area contributed by atoms with Crippen molar-refractivity contribution in [2.24, 2.45) is 0 Å². The molecule has 0 spiro atoms. The lowest BCUT2D eigenvalue weighted by atomic mass is 9.91. The predicted octanol–water partition coefficient (Wildman–Crippen LogP) is 15.0. The summed E-state index contributed by atoms with van der Waals surface area (Å²) in [5.41, 5.74) is 7.50. The lowest BCUT2D eigenvalue weighted by molar-refractivity contribution is 1.02. The smallest absolute Gasteiger partial charge is 0.235 e. The molecule has 0 aliphatic carbocycles. The number of rotatable bonds is 3. The molecule has 0 N–H and O–H groups in total. The Morgan fingerprint density at radius 1 is 0.305 bits per heavy atom. The fraction of sp³-hybridized carbons (Fsp3) is 0. The topological polar surface area (TPSA) is 30.7 Å². The Bertz CT molecular complexity index is 3860. The van der Waals surface area contributed by atoms with Crippen LogP contribution in [0.25, 0.3) is 126 Å². The van der Waals surface area contributed by atoms with Gasteiger partial charge in [-0.25, -0.2) is 9.97 Å². The van der Waals surface area contributed by atoms with E-state index in [0.29, 0.717) is 5.95 Å². The minimum Gasteiger partial charge on any atom is -0.277 e. The van der Waals surface area contributed by atoms with Gasteiger partial charge in [-0.1, -0.05) is 188 Å². The van der Waals surface area contributed by atoms with Gasteiger partial charge in [-0.2, -0.15) is 0 Å². The Morgan fingerprint density at radius 2 is 0.831 bits per heavy atom. The Labute approximate surface area is 339 Å². The van der Waals surface area contributed by atoms with E-state index in [9.17, 15) is 0 Å². The van der Waals surface area contributed by atoms with E-state index in [-0.39, 0.29) is 0 Å². The van der Waals surface area contributed by atoms with E-state index in [2.05, 4.69) is 205 Å². The minimum absolute atomic E-state index is 0.653. The van der Waals surface area contributed by atoms with E-state index >= 15 is 0 Å². The molecule has 0 atom stereocenters. The maximum Gasteiger partial charge on any atom is 0.235 e. The molecule has 0 aliphatic rings. The summed E-state index contributed by atoms with van der Waals surface area (Å²) in [6.07, 6.45) is 0. The van der Waals surface area contributed by atoms with E-state index < -0.39 is 0 Å². The summed E-state index contributed by atoms with van der Waals surface area (Å²) in [6.45, 7) is 0. The molecule has 59 heavy (non-hydrogen) atoms. The van der Waals surface area contributed by atoms with Gasteiger partial charge in [0.25, 0.3) is 0 Å². The molecule has 0 bridgehead atoms. The minimum atomic E-state index is 0.653. The van der Waals surface area contributed by atoms with E-state index in [1.165, 1.54) is 70.4 Å². The maximum absolute atomic E-state index is 5.77. The molecular formula is C56H33N3. The summed E-state index contributed by atoms with van der Waals surface area (Å²) in [7, 11) is 0. The van der Waals surface area contributed by atoms with Crippen LogP contribution in [0.1, 0.15) is 0 Å². The summed E-state index contributed by atoms with van der Waals surface area (Å²) in [5.74, 6) is 0.653. The van der Waals surface area contributed by atoms with Gasteiger partial charge in [-0.05, 0) is 77.1 Å². The fourth-order valence-corrected chi connectivity index (χ4v) is 10.0. The molecule has 0 saturated carbocycles. The lowest BCUT2D eigenvalue weighted by Crippen LogP contribution is -2.04. The van der Waals surface area contributed by atoms with Crippen LogP contribution >= 0.6 is 0 Å². The van der Waals surface area contributed by atoms with Crippen LogP contribution < -0.4 is 0 Å². The highest BCUT2D eigenvalue weighted by molar-refractivity contribution is 6.36. The molecule has 0 saturated heterocycles. The van der Waals surface area contributed by atoms with Crippen molar-refractivity contribution < 1.29 is 0 Å². The molecule has 3 heteroatoms. The third-order valence-electron chi connectivity index (χ3n) is 12.6. The Balaban J connectivity index is 1.21. The fourth-order valence-electron chi connectivity index (χ4n) is 10.0. The second-order valence-electron chi connectivity index (χ2n) is 15.6. The number of benzene rings is 11. The lowest BCUT2D eigenvalue weighted by Gasteiger charge is -2.17. The van der Waals surface area contributed by atoms with Crippen molar-refractivity contribution in [3.8, 4) is 28.3 Å². The van der Waals surface area contributed by atoms with Crippen LogP contribution in [0.4, 0.5) is 0 Å². The van der Waals surface area contributed by atoms with Crippen molar-refractivity contribution in [2.45, 2.75) is 0 Å². The highest BCUT2D eigenvalue weighted by atomic mass is 15.2. The van der Waals surface area contributed by atoms with Crippen molar-refractivity contribution in [3.63, 3.8) is 0 Å². The number of hydrogen-bond acceptors (Lipinski definition) is 2. The zero-order valence-corrected chi connectivity index (χ0v) is 31.9. The summed E-state index contributed by atoms with van der Waals surface area (Å²) in [6, 6.07) is 72.5. The number of hydrogen-bond donors (Lipinski definition) is 0. The van der Waals surface area contributed by atoms with Crippen LogP contribution in [0.15, 0.2) is 200 Å². The second kappa shape index (κ2) is 12.3.